The second-order valence-electron chi connectivity index (χ2n) is 8.07. The predicted molar refractivity (Wildman–Crippen MR) is 134 cm³/mol. The Bertz CT molecular complexity index is 1340. The molecule has 1 fully saturated rings. The fourth-order valence-electron chi connectivity index (χ4n) is 4.03. The second kappa shape index (κ2) is 9.02. The van der Waals surface area contributed by atoms with Gasteiger partial charge in [0.05, 0.1) is 26.6 Å². The third kappa shape index (κ3) is 4.39. The van der Waals surface area contributed by atoms with Gasteiger partial charge in [0.1, 0.15) is 12.1 Å². The lowest BCUT2D eigenvalue weighted by molar-refractivity contribution is 0.501. The highest BCUT2D eigenvalue weighted by Gasteiger charge is 2.16. The first-order valence-electron chi connectivity index (χ1n) is 10.7. The van der Waals surface area contributed by atoms with Crippen LogP contribution in [0.4, 0.5) is 17.2 Å². The molecule has 0 atom stereocenters. The standard InChI is InChI=1S/C24H22Cl2N6O/c25-19-2-1-3-20(26)23(19)32-14-29-21-12-22(28-13-18(21)24(32)33)30-16-4-6-17(7-5-16)31-10-8-15(27)9-11-31/h1-7,12-15H,8-11,27H2,(H,28,30). The molecule has 0 radical (unpaired) electrons. The largest absolute Gasteiger partial charge is 0.371 e. The summed E-state index contributed by atoms with van der Waals surface area (Å²) in [5, 5.41) is 4.39. The number of hydrogen-bond donors (Lipinski definition) is 2. The molecule has 5 rings (SSSR count). The first-order chi connectivity index (χ1) is 16.0. The van der Waals surface area contributed by atoms with E-state index in [0.717, 1.165) is 31.6 Å². The van der Waals surface area contributed by atoms with Crippen LogP contribution in [0, 0.1) is 0 Å². The van der Waals surface area contributed by atoms with E-state index in [1.54, 1.807) is 24.3 Å². The zero-order valence-electron chi connectivity index (χ0n) is 17.7. The maximum atomic E-state index is 13.0. The molecule has 0 unspecified atom stereocenters. The maximum absolute atomic E-state index is 13.0. The number of nitrogens with two attached hydrogens (primary N) is 1. The fraction of sp³-hybridized carbons (Fsp3) is 0.208. The predicted octanol–water partition coefficient (Wildman–Crippen LogP) is 4.76. The zero-order chi connectivity index (χ0) is 22.9. The molecule has 9 heteroatoms. The third-order valence-corrected chi connectivity index (χ3v) is 6.48. The molecule has 0 aliphatic carbocycles. The van der Waals surface area contributed by atoms with E-state index in [4.69, 9.17) is 28.9 Å². The van der Waals surface area contributed by atoms with Gasteiger partial charge >= 0.3 is 0 Å². The van der Waals surface area contributed by atoms with Gasteiger partial charge in [0.15, 0.2) is 0 Å². The number of piperidine rings is 1. The van der Waals surface area contributed by atoms with E-state index in [0.29, 0.717) is 38.5 Å². The molecule has 2 aromatic heterocycles. The van der Waals surface area contributed by atoms with Crippen molar-refractivity contribution >= 4 is 51.3 Å². The molecule has 7 nitrogen and oxygen atoms in total. The highest BCUT2D eigenvalue weighted by Crippen LogP contribution is 2.28. The average molecular weight is 481 g/mol. The van der Waals surface area contributed by atoms with Gasteiger partial charge in [0.2, 0.25) is 0 Å². The topological polar surface area (TPSA) is 89.1 Å². The zero-order valence-corrected chi connectivity index (χ0v) is 19.2. The Morgan fingerprint density at radius 1 is 1.00 bits per heavy atom. The number of nitrogens with one attached hydrogen (secondary N) is 1. The van der Waals surface area contributed by atoms with Crippen LogP contribution in [-0.2, 0) is 0 Å². The summed E-state index contributed by atoms with van der Waals surface area (Å²) in [7, 11) is 0. The molecule has 3 heterocycles. The van der Waals surface area contributed by atoms with Crippen LogP contribution in [-0.4, -0.2) is 33.7 Å². The lowest BCUT2D eigenvalue weighted by Gasteiger charge is -2.32. The fourth-order valence-corrected chi connectivity index (χ4v) is 4.61. The number of hydrogen-bond acceptors (Lipinski definition) is 6. The lowest BCUT2D eigenvalue weighted by Crippen LogP contribution is -2.39. The summed E-state index contributed by atoms with van der Waals surface area (Å²) in [5.41, 5.74) is 8.72. The Morgan fingerprint density at radius 2 is 1.70 bits per heavy atom. The van der Waals surface area contributed by atoms with Crippen LogP contribution < -0.4 is 21.5 Å². The molecule has 1 aliphatic rings. The minimum Gasteiger partial charge on any atom is -0.371 e. The van der Waals surface area contributed by atoms with Crippen molar-refractivity contribution in [2.24, 2.45) is 5.73 Å². The van der Waals surface area contributed by atoms with Crippen LogP contribution in [0.3, 0.4) is 0 Å². The molecule has 0 bridgehead atoms. The van der Waals surface area contributed by atoms with Gasteiger partial charge in [-0.2, -0.15) is 0 Å². The van der Waals surface area contributed by atoms with Crippen LogP contribution in [0.15, 0.2) is 65.8 Å². The molecular weight excluding hydrogens is 459 g/mol. The summed E-state index contributed by atoms with van der Waals surface area (Å²) in [4.78, 5) is 24.2. The number of aromatic nitrogens is 3. The van der Waals surface area contributed by atoms with E-state index in [1.165, 1.54) is 22.8 Å². The number of para-hydroxylation sites is 1. The van der Waals surface area contributed by atoms with Crippen LogP contribution in [0.25, 0.3) is 16.6 Å². The van der Waals surface area contributed by atoms with Crippen molar-refractivity contribution < 1.29 is 0 Å². The third-order valence-electron chi connectivity index (χ3n) is 5.87. The summed E-state index contributed by atoms with van der Waals surface area (Å²) in [6.45, 7) is 1.95. The number of benzene rings is 2. The number of fused-ring (bicyclic) bond motifs is 1. The van der Waals surface area contributed by atoms with Crippen molar-refractivity contribution in [2.75, 3.05) is 23.3 Å². The van der Waals surface area contributed by atoms with E-state index in [2.05, 4.69) is 32.3 Å². The molecule has 1 aliphatic heterocycles. The van der Waals surface area contributed by atoms with Crippen molar-refractivity contribution in [3.63, 3.8) is 0 Å². The van der Waals surface area contributed by atoms with Gasteiger partial charge in [-0.25, -0.2) is 9.97 Å². The average Bonchev–Trinajstić information content (AvgIpc) is 2.81. The number of nitrogens with zero attached hydrogens (tertiary/aromatic N) is 4. The van der Waals surface area contributed by atoms with Crippen molar-refractivity contribution in [3.05, 3.63) is 81.5 Å². The molecule has 4 aromatic rings. The van der Waals surface area contributed by atoms with E-state index in [1.807, 2.05) is 12.1 Å². The summed E-state index contributed by atoms with van der Waals surface area (Å²) in [5.74, 6) is 0.597. The normalized spacial score (nSPS) is 14.6. The first kappa shape index (κ1) is 21.7. The van der Waals surface area contributed by atoms with E-state index < -0.39 is 0 Å². The molecule has 0 spiro atoms. The van der Waals surface area contributed by atoms with Gasteiger partial charge in [-0.3, -0.25) is 9.36 Å². The minimum atomic E-state index is -0.292. The van der Waals surface area contributed by atoms with Crippen LogP contribution in [0.2, 0.25) is 10.0 Å². The summed E-state index contributed by atoms with van der Waals surface area (Å²) in [6.07, 6.45) is 4.97. The SMILES string of the molecule is NC1CCN(c2ccc(Nc3cc4ncn(-c5c(Cl)cccc5Cl)c(=O)c4cn3)cc2)CC1. The molecule has 3 N–H and O–H groups in total. The summed E-state index contributed by atoms with van der Waals surface area (Å²) < 4.78 is 1.34. The minimum absolute atomic E-state index is 0.292. The molecular formula is C24H22Cl2N6O. The Balaban J connectivity index is 1.38. The molecule has 168 valence electrons. The summed E-state index contributed by atoms with van der Waals surface area (Å²) >= 11 is 12.5. The van der Waals surface area contributed by atoms with Gasteiger partial charge in [-0.1, -0.05) is 29.3 Å². The van der Waals surface area contributed by atoms with Gasteiger partial charge < -0.3 is 16.0 Å². The smallest absolute Gasteiger partial charge is 0.267 e. The quantitative estimate of drug-likeness (QED) is 0.437. The first-order valence-corrected chi connectivity index (χ1v) is 11.4. The number of halogens is 2. The van der Waals surface area contributed by atoms with Crippen LogP contribution in [0.1, 0.15) is 12.8 Å². The molecule has 2 aromatic carbocycles. The Kier molecular flexibility index (Phi) is 5.93. The Hall–Kier alpha value is -3.13. The molecule has 1 saturated heterocycles. The molecule has 0 amide bonds. The Morgan fingerprint density at radius 3 is 2.39 bits per heavy atom. The molecule has 33 heavy (non-hydrogen) atoms. The number of pyridine rings is 1. The number of anilines is 3. The highest BCUT2D eigenvalue weighted by molar-refractivity contribution is 6.37. The van der Waals surface area contributed by atoms with Crippen molar-refractivity contribution in [2.45, 2.75) is 18.9 Å². The van der Waals surface area contributed by atoms with Crippen LogP contribution in [0.5, 0.6) is 0 Å². The molecule has 0 saturated carbocycles. The van der Waals surface area contributed by atoms with Crippen molar-refractivity contribution in [1.29, 1.82) is 0 Å². The van der Waals surface area contributed by atoms with Crippen LogP contribution >= 0.6 is 23.2 Å². The second-order valence-corrected chi connectivity index (χ2v) is 8.89. The van der Waals surface area contributed by atoms with E-state index in [9.17, 15) is 4.79 Å². The Labute approximate surface area is 200 Å². The highest BCUT2D eigenvalue weighted by atomic mass is 35.5. The van der Waals surface area contributed by atoms with Gasteiger partial charge in [-0.05, 0) is 49.2 Å². The summed E-state index contributed by atoms with van der Waals surface area (Å²) in [6, 6.07) is 15.3. The van der Waals surface area contributed by atoms with Gasteiger partial charge in [-0.15, -0.1) is 0 Å². The maximum Gasteiger partial charge on any atom is 0.267 e. The van der Waals surface area contributed by atoms with Gasteiger partial charge in [0, 0.05) is 42.8 Å². The van der Waals surface area contributed by atoms with Gasteiger partial charge in [0.25, 0.3) is 5.56 Å². The monoisotopic (exact) mass is 480 g/mol. The van der Waals surface area contributed by atoms with E-state index in [-0.39, 0.29) is 5.56 Å². The van der Waals surface area contributed by atoms with E-state index >= 15 is 0 Å². The van der Waals surface area contributed by atoms with Crippen molar-refractivity contribution in [1.82, 2.24) is 14.5 Å². The number of rotatable bonds is 4. The lowest BCUT2D eigenvalue weighted by atomic mass is 10.1. The van der Waals surface area contributed by atoms with Crippen molar-refractivity contribution in [3.8, 4) is 5.69 Å².